The number of aliphatic hydroxyl groups excluding tert-OH is 1. The van der Waals surface area contributed by atoms with Crippen molar-refractivity contribution in [3.05, 3.63) is 0 Å². The summed E-state index contributed by atoms with van der Waals surface area (Å²) in [5, 5.41) is 9.52. The molecular formula is C9H19O7P. The summed E-state index contributed by atoms with van der Waals surface area (Å²) in [7, 11) is -1.51. The SMILES string of the molecule is COCC1COC(C(C)O)[C@H]1OP(=O)(O)OC. The number of aliphatic hydroxyl groups is 1. The van der Waals surface area contributed by atoms with E-state index in [0.717, 1.165) is 7.11 Å². The van der Waals surface area contributed by atoms with Gasteiger partial charge in [-0.2, -0.15) is 0 Å². The molecule has 0 aromatic heterocycles. The van der Waals surface area contributed by atoms with Crippen LogP contribution in [-0.4, -0.2) is 55.7 Å². The molecule has 5 atom stereocenters. The summed E-state index contributed by atoms with van der Waals surface area (Å²) in [5.41, 5.74) is 0. The van der Waals surface area contributed by atoms with E-state index in [1.165, 1.54) is 14.0 Å². The van der Waals surface area contributed by atoms with Crippen LogP contribution in [0.3, 0.4) is 0 Å². The van der Waals surface area contributed by atoms with Gasteiger partial charge >= 0.3 is 7.82 Å². The zero-order valence-electron chi connectivity index (χ0n) is 10.1. The molecule has 8 heteroatoms. The predicted molar refractivity (Wildman–Crippen MR) is 58.5 cm³/mol. The first kappa shape index (κ1) is 15.0. The Balaban J connectivity index is 2.75. The highest BCUT2D eigenvalue weighted by Gasteiger charge is 2.44. The second-order valence-corrected chi connectivity index (χ2v) is 5.49. The fourth-order valence-corrected chi connectivity index (χ4v) is 2.49. The van der Waals surface area contributed by atoms with Crippen LogP contribution in [0.1, 0.15) is 6.92 Å². The Morgan fingerprint density at radius 3 is 2.65 bits per heavy atom. The topological polar surface area (TPSA) is 94.5 Å². The summed E-state index contributed by atoms with van der Waals surface area (Å²) >= 11 is 0. The summed E-state index contributed by atoms with van der Waals surface area (Å²) in [6, 6.07) is 0. The minimum absolute atomic E-state index is 0.213. The fourth-order valence-electron chi connectivity index (χ4n) is 1.81. The molecule has 1 rings (SSSR count). The predicted octanol–water partition coefficient (Wildman–Crippen LogP) is 0.161. The Bertz CT molecular complexity index is 283. The zero-order chi connectivity index (χ0) is 13.1. The quantitative estimate of drug-likeness (QED) is 0.664. The second-order valence-electron chi connectivity index (χ2n) is 3.98. The van der Waals surface area contributed by atoms with Gasteiger partial charge < -0.3 is 19.5 Å². The van der Waals surface area contributed by atoms with Crippen molar-refractivity contribution < 1.29 is 33.1 Å². The van der Waals surface area contributed by atoms with E-state index in [1.54, 1.807) is 0 Å². The van der Waals surface area contributed by atoms with E-state index in [1.807, 2.05) is 0 Å². The lowest BCUT2D eigenvalue weighted by atomic mass is 10.0. The van der Waals surface area contributed by atoms with Crippen LogP contribution >= 0.6 is 7.82 Å². The molecule has 0 saturated carbocycles. The number of rotatable bonds is 6. The molecule has 0 aliphatic carbocycles. The van der Waals surface area contributed by atoms with E-state index < -0.39 is 26.1 Å². The van der Waals surface area contributed by atoms with Gasteiger partial charge in [-0.25, -0.2) is 4.57 Å². The van der Waals surface area contributed by atoms with E-state index in [0.29, 0.717) is 13.2 Å². The molecule has 2 N–H and O–H groups in total. The maximum Gasteiger partial charge on any atom is 0.472 e. The maximum absolute atomic E-state index is 11.4. The maximum atomic E-state index is 11.4. The van der Waals surface area contributed by atoms with Crippen molar-refractivity contribution in [1.82, 2.24) is 0 Å². The molecule has 1 saturated heterocycles. The first-order chi connectivity index (χ1) is 7.91. The zero-order valence-corrected chi connectivity index (χ0v) is 11.0. The van der Waals surface area contributed by atoms with Gasteiger partial charge in [-0.3, -0.25) is 9.05 Å². The minimum atomic E-state index is -4.11. The van der Waals surface area contributed by atoms with E-state index >= 15 is 0 Å². The molecule has 0 aromatic rings. The fraction of sp³-hybridized carbons (Fsp3) is 1.00. The lowest BCUT2D eigenvalue weighted by Gasteiger charge is -2.25. The molecule has 0 radical (unpaired) electrons. The molecule has 1 aliphatic rings. The average Bonchev–Trinajstić information content (AvgIpc) is 2.62. The van der Waals surface area contributed by atoms with E-state index in [2.05, 4.69) is 4.52 Å². The summed E-state index contributed by atoms with van der Waals surface area (Å²) in [5.74, 6) is -0.213. The van der Waals surface area contributed by atoms with Crippen molar-refractivity contribution in [2.45, 2.75) is 25.2 Å². The smallest absolute Gasteiger partial charge is 0.391 e. The Kier molecular flexibility index (Phi) is 5.53. The van der Waals surface area contributed by atoms with E-state index in [4.69, 9.17) is 14.0 Å². The van der Waals surface area contributed by atoms with Crippen LogP contribution in [0.25, 0.3) is 0 Å². The number of ether oxygens (including phenoxy) is 2. The van der Waals surface area contributed by atoms with Crippen LogP contribution in [0, 0.1) is 5.92 Å². The number of methoxy groups -OCH3 is 1. The van der Waals surface area contributed by atoms with Gasteiger partial charge in [0.1, 0.15) is 12.2 Å². The summed E-state index contributed by atoms with van der Waals surface area (Å²) < 4.78 is 31.1. The number of hydrogen-bond donors (Lipinski definition) is 2. The van der Waals surface area contributed by atoms with Crippen LogP contribution in [0.5, 0.6) is 0 Å². The molecule has 102 valence electrons. The highest BCUT2D eigenvalue weighted by atomic mass is 31.2. The van der Waals surface area contributed by atoms with Gasteiger partial charge in [0.05, 0.1) is 19.3 Å². The summed E-state index contributed by atoms with van der Waals surface area (Å²) in [6.07, 6.45) is -2.20. The third-order valence-corrected chi connectivity index (χ3v) is 3.60. The van der Waals surface area contributed by atoms with Gasteiger partial charge in [-0.1, -0.05) is 0 Å². The molecule has 0 amide bonds. The van der Waals surface area contributed by atoms with E-state index in [-0.39, 0.29) is 5.92 Å². The lowest BCUT2D eigenvalue weighted by molar-refractivity contribution is -0.0403. The van der Waals surface area contributed by atoms with Gasteiger partial charge in [-0.15, -0.1) is 0 Å². The van der Waals surface area contributed by atoms with Crippen LogP contribution in [-0.2, 0) is 23.1 Å². The normalized spacial score (nSPS) is 34.5. The standard InChI is InChI=1S/C9H19O7P/c1-6(10)8-9(16-17(11,12)14-3)7(4-13-2)5-15-8/h6-10H,4-5H2,1-3H3,(H,11,12)/t6?,7?,8?,9-/m0/s1. The highest BCUT2D eigenvalue weighted by Crippen LogP contribution is 2.47. The molecule has 0 bridgehead atoms. The second kappa shape index (κ2) is 6.24. The third-order valence-electron chi connectivity index (χ3n) is 2.63. The van der Waals surface area contributed by atoms with Gasteiger partial charge in [0.2, 0.25) is 0 Å². The largest absolute Gasteiger partial charge is 0.472 e. The van der Waals surface area contributed by atoms with Crippen LogP contribution < -0.4 is 0 Å². The number of phosphoric acid groups is 1. The Labute approximate surface area is 100 Å². The highest BCUT2D eigenvalue weighted by molar-refractivity contribution is 7.47. The van der Waals surface area contributed by atoms with E-state index in [9.17, 15) is 14.6 Å². The van der Waals surface area contributed by atoms with Gasteiger partial charge in [0.25, 0.3) is 0 Å². The molecule has 1 aliphatic heterocycles. The van der Waals surface area contributed by atoms with Crippen LogP contribution in [0.2, 0.25) is 0 Å². The van der Waals surface area contributed by atoms with Crippen LogP contribution in [0.4, 0.5) is 0 Å². The first-order valence-corrected chi connectivity index (χ1v) is 6.76. The van der Waals surface area contributed by atoms with Crippen molar-refractivity contribution in [3.63, 3.8) is 0 Å². The Morgan fingerprint density at radius 1 is 1.53 bits per heavy atom. The minimum Gasteiger partial charge on any atom is -0.391 e. The van der Waals surface area contributed by atoms with Crippen molar-refractivity contribution in [2.24, 2.45) is 5.92 Å². The molecule has 17 heavy (non-hydrogen) atoms. The van der Waals surface area contributed by atoms with Crippen LogP contribution in [0.15, 0.2) is 0 Å². The summed E-state index contributed by atoms with van der Waals surface area (Å²) in [6.45, 7) is 2.15. The van der Waals surface area contributed by atoms with Crippen molar-refractivity contribution in [1.29, 1.82) is 0 Å². The summed E-state index contributed by atoms with van der Waals surface area (Å²) in [4.78, 5) is 9.30. The Hall–Kier alpha value is -0.0100. The molecule has 4 unspecified atom stereocenters. The molecular weight excluding hydrogens is 251 g/mol. The number of hydrogen-bond acceptors (Lipinski definition) is 6. The lowest BCUT2D eigenvalue weighted by Crippen LogP contribution is -2.37. The van der Waals surface area contributed by atoms with Crippen molar-refractivity contribution >= 4 is 7.82 Å². The molecule has 1 heterocycles. The van der Waals surface area contributed by atoms with Gasteiger partial charge in [0, 0.05) is 20.1 Å². The molecule has 0 spiro atoms. The molecule has 0 aromatic carbocycles. The number of phosphoric ester groups is 1. The monoisotopic (exact) mass is 270 g/mol. The third kappa shape index (κ3) is 3.99. The van der Waals surface area contributed by atoms with Crippen molar-refractivity contribution in [2.75, 3.05) is 27.4 Å². The molecule has 1 fully saturated rings. The van der Waals surface area contributed by atoms with Gasteiger partial charge in [-0.05, 0) is 6.92 Å². The molecule has 7 nitrogen and oxygen atoms in total. The average molecular weight is 270 g/mol. The van der Waals surface area contributed by atoms with Gasteiger partial charge in [0.15, 0.2) is 0 Å². The Morgan fingerprint density at radius 2 is 2.18 bits per heavy atom. The van der Waals surface area contributed by atoms with Crippen molar-refractivity contribution in [3.8, 4) is 0 Å². The first-order valence-electron chi connectivity index (χ1n) is 5.27.